The van der Waals surface area contributed by atoms with Gasteiger partial charge in [0.1, 0.15) is 11.5 Å². The van der Waals surface area contributed by atoms with E-state index in [4.69, 9.17) is 24.4 Å². The lowest BCUT2D eigenvalue weighted by Gasteiger charge is -2.39. The predicted octanol–water partition coefficient (Wildman–Crippen LogP) is 15.9. The molecule has 0 fully saturated rings. The van der Waals surface area contributed by atoms with Crippen molar-refractivity contribution in [3.05, 3.63) is 174 Å². The number of unbranched alkanes of at least 4 members (excludes halogenated alkanes) is 3. The van der Waals surface area contributed by atoms with Gasteiger partial charge in [-0.15, -0.1) is 15.3 Å². The number of nitrogens with one attached hydrogen (secondary N) is 1. The zero-order valence-electron chi connectivity index (χ0n) is 39.5. The molecule has 7 aromatic rings. The first-order valence-electron chi connectivity index (χ1n) is 23.0. The summed E-state index contributed by atoms with van der Waals surface area (Å²) in [4.78, 5) is 11.4. The minimum atomic E-state index is -1.13. The van der Waals surface area contributed by atoms with Crippen LogP contribution in [-0.2, 0) is 21.5 Å². The molecule has 0 aliphatic carbocycles. The van der Waals surface area contributed by atoms with Gasteiger partial charge in [0.15, 0.2) is 0 Å². The Morgan fingerprint density at radius 1 is 0.612 bits per heavy atom. The Morgan fingerprint density at radius 3 is 1.72 bits per heavy atom. The number of anilines is 1. The average molecular weight is 896 g/mol. The molecule has 67 heavy (non-hydrogen) atoms. The summed E-state index contributed by atoms with van der Waals surface area (Å²) >= 11 is 0. The van der Waals surface area contributed by atoms with Crippen molar-refractivity contribution in [3.63, 3.8) is 0 Å². The van der Waals surface area contributed by atoms with Crippen LogP contribution >= 0.6 is 0 Å². The molecule has 7 rings (SSSR count). The standard InChI is InChI=1S/C57H61N5O5/c1-39(2)54(63)66-37-15-9-8-14-36-65-44-30-22-41(23-31-44)55(64)67-45-28-20-40(21-29-45)38-58-50-32-33-52(47-17-11-10-16-46(47)50)61-62-53-35-34-51(48-18-12-13-19-49(48)53)60-59-43-26-24-42(25-27-43)57(6,7)56(3,4)5/h10-13,16-35,55,58,64H,1,8-9,14-15,36-38H2,2-7H3. The number of hydrogen-bond donors (Lipinski definition) is 2. The highest BCUT2D eigenvalue weighted by molar-refractivity contribution is 6.02. The van der Waals surface area contributed by atoms with Gasteiger partial charge in [-0.25, -0.2) is 4.79 Å². The number of fused-ring (bicyclic) bond motifs is 2. The number of hydrogen-bond acceptors (Lipinski definition) is 10. The van der Waals surface area contributed by atoms with Crippen molar-refractivity contribution in [2.75, 3.05) is 18.5 Å². The summed E-state index contributed by atoms with van der Waals surface area (Å²) in [5.41, 5.74) is 7.54. The second-order valence-corrected chi connectivity index (χ2v) is 18.4. The molecule has 0 bridgehead atoms. The Kier molecular flexibility index (Phi) is 15.6. The molecule has 344 valence electrons. The van der Waals surface area contributed by atoms with E-state index < -0.39 is 6.29 Å². The van der Waals surface area contributed by atoms with Crippen LogP contribution in [0.3, 0.4) is 0 Å². The van der Waals surface area contributed by atoms with Gasteiger partial charge in [0.25, 0.3) is 0 Å². The van der Waals surface area contributed by atoms with Crippen molar-refractivity contribution in [2.45, 2.75) is 85.5 Å². The number of nitrogens with zero attached hydrogens (tertiary/aromatic N) is 4. The summed E-state index contributed by atoms with van der Waals surface area (Å²) in [6.45, 7) is 18.2. The summed E-state index contributed by atoms with van der Waals surface area (Å²) in [7, 11) is 0. The minimum Gasteiger partial charge on any atom is -0.494 e. The smallest absolute Gasteiger partial charge is 0.333 e. The molecular weight excluding hydrogens is 835 g/mol. The van der Waals surface area contributed by atoms with Gasteiger partial charge in [-0.05, 0) is 127 Å². The fourth-order valence-electron chi connectivity index (χ4n) is 7.41. The first-order chi connectivity index (χ1) is 32.3. The molecule has 1 atom stereocenters. The molecule has 0 spiro atoms. The average Bonchev–Trinajstić information content (AvgIpc) is 3.33. The Hall–Kier alpha value is -7.17. The molecule has 0 heterocycles. The number of aliphatic hydroxyl groups excluding tert-OH is 1. The summed E-state index contributed by atoms with van der Waals surface area (Å²) in [5.74, 6) is 0.939. The normalized spacial score (nSPS) is 12.5. The van der Waals surface area contributed by atoms with E-state index in [1.54, 1.807) is 19.1 Å². The van der Waals surface area contributed by atoms with E-state index in [1.807, 2.05) is 109 Å². The van der Waals surface area contributed by atoms with E-state index in [2.05, 4.69) is 81.0 Å². The zero-order chi connectivity index (χ0) is 47.4. The van der Waals surface area contributed by atoms with Crippen LogP contribution in [0.25, 0.3) is 21.5 Å². The molecule has 0 aliphatic heterocycles. The lowest BCUT2D eigenvalue weighted by Crippen LogP contribution is -2.33. The molecule has 0 aliphatic rings. The van der Waals surface area contributed by atoms with Crippen LogP contribution < -0.4 is 14.8 Å². The molecule has 0 radical (unpaired) electrons. The first-order valence-corrected chi connectivity index (χ1v) is 23.0. The number of benzene rings is 7. The van der Waals surface area contributed by atoms with Crippen LogP contribution in [0.15, 0.2) is 178 Å². The molecule has 10 nitrogen and oxygen atoms in total. The third-order valence-electron chi connectivity index (χ3n) is 12.5. The molecule has 0 saturated carbocycles. The number of ether oxygens (including phenoxy) is 3. The molecule has 0 aromatic heterocycles. The Morgan fingerprint density at radius 2 is 1.13 bits per heavy atom. The van der Waals surface area contributed by atoms with Gasteiger partial charge >= 0.3 is 5.97 Å². The van der Waals surface area contributed by atoms with E-state index in [0.717, 1.165) is 87.0 Å². The monoisotopic (exact) mass is 895 g/mol. The Bertz CT molecular complexity index is 2850. The largest absolute Gasteiger partial charge is 0.494 e. The molecule has 0 amide bonds. The maximum atomic E-state index is 11.4. The number of carbonyl (C=O) groups excluding carboxylic acids is 1. The van der Waals surface area contributed by atoms with Gasteiger partial charge in [0, 0.05) is 44.9 Å². The van der Waals surface area contributed by atoms with Crippen molar-refractivity contribution in [1.29, 1.82) is 0 Å². The number of carbonyl (C=O) groups is 1. The van der Waals surface area contributed by atoms with Crippen molar-refractivity contribution < 1.29 is 24.1 Å². The summed E-state index contributed by atoms with van der Waals surface area (Å²) < 4.78 is 16.9. The second-order valence-electron chi connectivity index (χ2n) is 18.4. The van der Waals surface area contributed by atoms with Crippen molar-refractivity contribution >= 4 is 56.0 Å². The Balaban J connectivity index is 0.923. The van der Waals surface area contributed by atoms with Gasteiger partial charge in [0.05, 0.1) is 36.0 Å². The van der Waals surface area contributed by atoms with Crippen LogP contribution in [0, 0.1) is 5.41 Å². The van der Waals surface area contributed by atoms with Gasteiger partial charge in [-0.2, -0.15) is 5.11 Å². The van der Waals surface area contributed by atoms with Gasteiger partial charge in [-0.3, -0.25) is 0 Å². The van der Waals surface area contributed by atoms with Crippen LogP contribution in [-0.4, -0.2) is 24.3 Å². The van der Waals surface area contributed by atoms with Gasteiger partial charge in [-0.1, -0.05) is 114 Å². The topological polar surface area (TPSA) is 126 Å². The highest BCUT2D eigenvalue weighted by Crippen LogP contribution is 2.42. The third kappa shape index (κ3) is 12.4. The van der Waals surface area contributed by atoms with Crippen LogP contribution in [0.2, 0.25) is 0 Å². The van der Waals surface area contributed by atoms with Crippen LogP contribution in [0.4, 0.5) is 28.4 Å². The molecular formula is C57H61N5O5. The Labute approximate surface area is 394 Å². The minimum absolute atomic E-state index is 0.0116. The van der Waals surface area contributed by atoms with E-state index >= 15 is 0 Å². The van der Waals surface area contributed by atoms with Crippen LogP contribution in [0.1, 0.15) is 90.2 Å². The molecule has 10 heteroatoms. The van der Waals surface area contributed by atoms with Crippen molar-refractivity contribution in [3.8, 4) is 11.5 Å². The summed E-state index contributed by atoms with van der Waals surface area (Å²) in [5, 5.41) is 37.1. The lowest BCUT2D eigenvalue weighted by molar-refractivity contribution is -0.139. The molecule has 0 saturated heterocycles. The van der Waals surface area contributed by atoms with E-state index in [9.17, 15) is 9.90 Å². The summed E-state index contributed by atoms with van der Waals surface area (Å²) in [6, 6.07) is 47.5. The molecule has 7 aromatic carbocycles. The SMILES string of the molecule is C=C(C)C(=O)OCCCCCCOc1ccc(C(O)Oc2ccc(CNc3ccc(N=Nc4ccc(N=Nc5ccc(C(C)(C)C(C)(C)C)cc5)c5ccccc45)c4ccccc34)cc2)cc1. The summed E-state index contributed by atoms with van der Waals surface area (Å²) in [6.07, 6.45) is 2.50. The van der Waals surface area contributed by atoms with Gasteiger partial charge < -0.3 is 24.6 Å². The fourth-order valence-corrected chi connectivity index (χ4v) is 7.41. The highest BCUT2D eigenvalue weighted by atomic mass is 16.6. The second kappa shape index (κ2) is 21.9. The van der Waals surface area contributed by atoms with E-state index in [1.165, 1.54) is 5.56 Å². The third-order valence-corrected chi connectivity index (χ3v) is 12.5. The molecule has 2 N–H and O–H groups in total. The number of rotatable bonds is 20. The maximum Gasteiger partial charge on any atom is 0.333 e. The number of esters is 1. The molecule has 1 unspecified atom stereocenters. The van der Waals surface area contributed by atoms with E-state index in [0.29, 0.717) is 36.6 Å². The zero-order valence-corrected chi connectivity index (χ0v) is 39.5. The first kappa shape index (κ1) is 47.8. The number of aliphatic hydroxyl groups is 1. The fraction of sp³-hybridized carbons (Fsp3) is 0.281. The van der Waals surface area contributed by atoms with Crippen molar-refractivity contribution in [1.82, 2.24) is 0 Å². The number of azo groups is 2. The lowest BCUT2D eigenvalue weighted by atomic mass is 9.65. The highest BCUT2D eigenvalue weighted by Gasteiger charge is 2.34. The van der Waals surface area contributed by atoms with Crippen LogP contribution in [0.5, 0.6) is 11.5 Å². The van der Waals surface area contributed by atoms with Gasteiger partial charge in [0.2, 0.25) is 6.29 Å². The quantitative estimate of drug-likeness (QED) is 0.0258. The predicted molar refractivity (Wildman–Crippen MR) is 271 cm³/mol. The maximum absolute atomic E-state index is 11.4. The van der Waals surface area contributed by atoms with E-state index in [-0.39, 0.29) is 16.8 Å². The van der Waals surface area contributed by atoms with Crippen molar-refractivity contribution in [2.24, 2.45) is 25.9 Å².